The number of amides is 2. The summed E-state index contributed by atoms with van der Waals surface area (Å²) in [6.45, 7) is 3.59. The third kappa shape index (κ3) is 4.44. The van der Waals surface area contributed by atoms with Gasteiger partial charge in [0.1, 0.15) is 12.3 Å². The second-order valence-electron chi connectivity index (χ2n) is 5.62. The van der Waals surface area contributed by atoms with E-state index in [1.165, 1.54) is 11.0 Å². The van der Waals surface area contributed by atoms with Gasteiger partial charge >= 0.3 is 0 Å². The zero-order valence-corrected chi connectivity index (χ0v) is 14.4. The van der Waals surface area contributed by atoms with E-state index in [9.17, 15) is 22.8 Å². The molecule has 0 aliphatic heterocycles. The zero-order chi connectivity index (χ0) is 19.3. The molecule has 8 heteroatoms. The molecular weight excluding hydrogens is 349 g/mol. The van der Waals surface area contributed by atoms with Crippen molar-refractivity contribution in [2.75, 3.05) is 18.4 Å². The first-order chi connectivity index (χ1) is 12.4. The van der Waals surface area contributed by atoms with Gasteiger partial charge in [-0.2, -0.15) is 0 Å². The van der Waals surface area contributed by atoms with Gasteiger partial charge in [0.25, 0.3) is 5.91 Å². The summed E-state index contributed by atoms with van der Waals surface area (Å²) in [5.41, 5.74) is -0.496. The SMILES string of the molecule is CCCN(CC(=O)Nc1ccc(F)c(F)c1F)C(=O)c1ccc(CC)o1. The first-order valence-corrected chi connectivity index (χ1v) is 8.18. The summed E-state index contributed by atoms with van der Waals surface area (Å²) in [7, 11) is 0. The van der Waals surface area contributed by atoms with E-state index in [2.05, 4.69) is 5.32 Å². The number of nitrogens with zero attached hydrogens (tertiary/aromatic N) is 1. The van der Waals surface area contributed by atoms with Crippen LogP contribution in [-0.2, 0) is 11.2 Å². The van der Waals surface area contributed by atoms with Crippen LogP contribution in [0.15, 0.2) is 28.7 Å². The van der Waals surface area contributed by atoms with Crippen molar-refractivity contribution in [3.8, 4) is 0 Å². The Kier molecular flexibility index (Phi) is 6.43. The predicted molar refractivity (Wildman–Crippen MR) is 89.2 cm³/mol. The molecule has 140 valence electrons. The molecule has 0 bridgehead atoms. The maximum Gasteiger partial charge on any atom is 0.290 e. The minimum Gasteiger partial charge on any atom is -0.456 e. The molecule has 2 rings (SSSR count). The summed E-state index contributed by atoms with van der Waals surface area (Å²) in [6.07, 6.45) is 1.21. The molecule has 1 heterocycles. The fraction of sp³-hybridized carbons (Fsp3) is 0.333. The molecule has 0 aliphatic rings. The molecule has 0 spiro atoms. The fourth-order valence-electron chi connectivity index (χ4n) is 2.35. The highest BCUT2D eigenvalue weighted by Crippen LogP contribution is 2.19. The molecule has 2 amide bonds. The maximum atomic E-state index is 13.6. The minimum atomic E-state index is -1.67. The van der Waals surface area contributed by atoms with Crippen LogP contribution >= 0.6 is 0 Å². The molecule has 0 saturated heterocycles. The first-order valence-electron chi connectivity index (χ1n) is 8.18. The standard InChI is InChI=1S/C18H19F3N2O3/c1-3-9-23(18(25)14-8-5-11(4-2)26-14)10-15(24)22-13-7-6-12(19)16(20)17(13)21/h5-8H,3-4,9-10H2,1-2H3,(H,22,24). The van der Waals surface area contributed by atoms with Crippen LogP contribution in [0.1, 0.15) is 36.6 Å². The average Bonchev–Trinajstić information content (AvgIpc) is 3.10. The van der Waals surface area contributed by atoms with Gasteiger partial charge in [-0.05, 0) is 30.7 Å². The molecule has 1 aromatic carbocycles. The number of hydrogen-bond acceptors (Lipinski definition) is 3. The monoisotopic (exact) mass is 368 g/mol. The maximum absolute atomic E-state index is 13.6. The van der Waals surface area contributed by atoms with E-state index < -0.39 is 35.0 Å². The van der Waals surface area contributed by atoms with Crippen molar-refractivity contribution in [2.45, 2.75) is 26.7 Å². The number of rotatable bonds is 7. The topological polar surface area (TPSA) is 62.6 Å². The van der Waals surface area contributed by atoms with Crippen LogP contribution in [0.2, 0.25) is 0 Å². The third-order valence-electron chi connectivity index (χ3n) is 3.65. The minimum absolute atomic E-state index is 0.0992. The second kappa shape index (κ2) is 8.55. The van der Waals surface area contributed by atoms with E-state index in [4.69, 9.17) is 4.42 Å². The molecule has 1 aromatic heterocycles. The van der Waals surface area contributed by atoms with Crippen molar-refractivity contribution in [3.63, 3.8) is 0 Å². The summed E-state index contributed by atoms with van der Waals surface area (Å²) < 4.78 is 45.2. The van der Waals surface area contributed by atoms with E-state index in [0.717, 1.165) is 6.07 Å². The second-order valence-corrected chi connectivity index (χ2v) is 5.62. The van der Waals surface area contributed by atoms with Gasteiger partial charge in [0.2, 0.25) is 5.91 Å². The van der Waals surface area contributed by atoms with Crippen LogP contribution in [0.5, 0.6) is 0 Å². The lowest BCUT2D eigenvalue weighted by Gasteiger charge is -2.20. The van der Waals surface area contributed by atoms with E-state index >= 15 is 0 Å². The van der Waals surface area contributed by atoms with Gasteiger partial charge in [0.15, 0.2) is 23.2 Å². The highest BCUT2D eigenvalue weighted by Gasteiger charge is 2.22. The Bertz CT molecular complexity index is 805. The van der Waals surface area contributed by atoms with Crippen molar-refractivity contribution in [1.82, 2.24) is 4.90 Å². The highest BCUT2D eigenvalue weighted by atomic mass is 19.2. The van der Waals surface area contributed by atoms with Crippen molar-refractivity contribution in [2.24, 2.45) is 0 Å². The summed E-state index contributed by atoms with van der Waals surface area (Å²) in [5, 5.41) is 2.14. The molecule has 5 nitrogen and oxygen atoms in total. The summed E-state index contributed by atoms with van der Waals surface area (Å²) >= 11 is 0. The molecule has 0 atom stereocenters. The van der Waals surface area contributed by atoms with Gasteiger partial charge in [0.05, 0.1) is 5.69 Å². The first kappa shape index (κ1) is 19.6. The van der Waals surface area contributed by atoms with Gasteiger partial charge in [-0.25, -0.2) is 13.2 Å². The Hall–Kier alpha value is -2.77. The van der Waals surface area contributed by atoms with Gasteiger partial charge in [-0.15, -0.1) is 0 Å². The van der Waals surface area contributed by atoms with Crippen molar-refractivity contribution in [1.29, 1.82) is 0 Å². The Balaban J connectivity index is 2.10. The molecule has 0 fully saturated rings. The number of halogens is 3. The molecular formula is C18H19F3N2O3. The number of furan rings is 1. The number of anilines is 1. The molecule has 26 heavy (non-hydrogen) atoms. The number of carbonyl (C=O) groups is 2. The van der Waals surface area contributed by atoms with Crippen LogP contribution in [0.4, 0.5) is 18.9 Å². The van der Waals surface area contributed by atoms with Crippen LogP contribution < -0.4 is 5.32 Å². The summed E-state index contributed by atoms with van der Waals surface area (Å²) in [5.74, 6) is -5.00. The Morgan fingerprint density at radius 1 is 1.08 bits per heavy atom. The number of nitrogens with one attached hydrogen (secondary N) is 1. The van der Waals surface area contributed by atoms with Gasteiger partial charge in [-0.1, -0.05) is 13.8 Å². The van der Waals surface area contributed by atoms with Crippen LogP contribution in [0.3, 0.4) is 0 Å². The quantitative estimate of drug-likeness (QED) is 0.757. The molecule has 1 N–H and O–H groups in total. The summed E-state index contributed by atoms with van der Waals surface area (Å²) in [6, 6.07) is 4.82. The van der Waals surface area contributed by atoms with E-state index in [1.54, 1.807) is 6.07 Å². The fourth-order valence-corrected chi connectivity index (χ4v) is 2.35. The lowest BCUT2D eigenvalue weighted by Crippen LogP contribution is -2.38. The predicted octanol–water partition coefficient (Wildman–Crippen LogP) is 3.75. The number of aryl methyl sites for hydroxylation is 1. The van der Waals surface area contributed by atoms with Gasteiger partial charge < -0.3 is 14.6 Å². The lowest BCUT2D eigenvalue weighted by atomic mass is 10.2. The molecule has 0 radical (unpaired) electrons. The van der Waals surface area contributed by atoms with Crippen LogP contribution in [0.25, 0.3) is 0 Å². The van der Waals surface area contributed by atoms with E-state index in [0.29, 0.717) is 24.7 Å². The zero-order valence-electron chi connectivity index (χ0n) is 14.4. The molecule has 0 aliphatic carbocycles. The normalized spacial score (nSPS) is 10.7. The summed E-state index contributed by atoms with van der Waals surface area (Å²) in [4.78, 5) is 25.9. The largest absolute Gasteiger partial charge is 0.456 e. The van der Waals surface area contributed by atoms with Gasteiger partial charge in [0, 0.05) is 13.0 Å². The third-order valence-corrected chi connectivity index (χ3v) is 3.65. The van der Waals surface area contributed by atoms with Crippen molar-refractivity contribution >= 4 is 17.5 Å². The molecule has 0 unspecified atom stereocenters. The van der Waals surface area contributed by atoms with Gasteiger partial charge in [-0.3, -0.25) is 9.59 Å². The Morgan fingerprint density at radius 3 is 2.42 bits per heavy atom. The number of hydrogen-bond donors (Lipinski definition) is 1. The number of carbonyl (C=O) groups excluding carboxylic acids is 2. The van der Waals surface area contributed by atoms with E-state index in [1.807, 2.05) is 13.8 Å². The smallest absolute Gasteiger partial charge is 0.290 e. The van der Waals surface area contributed by atoms with Crippen LogP contribution in [-0.4, -0.2) is 29.8 Å². The molecule has 2 aromatic rings. The Labute approximate surface area is 148 Å². The Morgan fingerprint density at radius 2 is 1.81 bits per heavy atom. The van der Waals surface area contributed by atoms with E-state index in [-0.39, 0.29) is 18.8 Å². The van der Waals surface area contributed by atoms with Crippen LogP contribution in [0, 0.1) is 17.5 Å². The highest BCUT2D eigenvalue weighted by molar-refractivity contribution is 5.98. The average molecular weight is 368 g/mol. The van der Waals surface area contributed by atoms with Crippen molar-refractivity contribution in [3.05, 3.63) is 53.2 Å². The lowest BCUT2D eigenvalue weighted by molar-refractivity contribution is -0.116. The molecule has 0 saturated carbocycles. The number of benzene rings is 1. The van der Waals surface area contributed by atoms with Crippen molar-refractivity contribution < 1.29 is 27.2 Å².